The summed E-state index contributed by atoms with van der Waals surface area (Å²) in [7, 11) is 0. The van der Waals surface area contributed by atoms with E-state index in [-0.39, 0.29) is 18.4 Å². The summed E-state index contributed by atoms with van der Waals surface area (Å²) in [4.78, 5) is 17.3. The van der Waals surface area contributed by atoms with Gasteiger partial charge >= 0.3 is 0 Å². The lowest BCUT2D eigenvalue weighted by molar-refractivity contribution is 0.0833. The molecular weight excluding hydrogens is 324 g/mol. The second-order valence-electron chi connectivity index (χ2n) is 6.23. The fourth-order valence-electron chi connectivity index (χ4n) is 3.12. The number of para-hydroxylation sites is 1. The smallest absolute Gasteiger partial charge is 0.277 e. The normalized spacial score (nSPS) is 10.9. The first-order chi connectivity index (χ1) is 12.6. The molecule has 1 amide bonds. The van der Waals surface area contributed by atoms with Gasteiger partial charge in [0.2, 0.25) is 0 Å². The van der Waals surface area contributed by atoms with Crippen LogP contribution in [0.1, 0.15) is 16.1 Å². The number of aromatic amines is 1. The summed E-state index contributed by atoms with van der Waals surface area (Å²) in [5.41, 5.74) is 7.92. The van der Waals surface area contributed by atoms with E-state index < -0.39 is 0 Å². The number of nitrogens with two attached hydrogens (primary N) is 1. The van der Waals surface area contributed by atoms with Gasteiger partial charge < -0.3 is 10.7 Å². The van der Waals surface area contributed by atoms with Crippen molar-refractivity contribution >= 4 is 33.5 Å². The number of H-pyrrole nitrogens is 1. The van der Waals surface area contributed by atoms with Crippen LogP contribution in [0.25, 0.3) is 21.7 Å². The standard InChI is InChI=1S/C21H18N4O/c22-21(23)25(13-14-9-10-15-5-1-2-6-16(15)11-14)20(26)19-12-17-7-3-4-8-18(17)24-19/h1-12,24H,13H2,(H3,22,23). The highest BCUT2D eigenvalue weighted by atomic mass is 16.2. The molecule has 5 heteroatoms. The van der Waals surface area contributed by atoms with Crippen molar-refractivity contribution in [1.29, 1.82) is 5.41 Å². The topological polar surface area (TPSA) is 86.0 Å². The summed E-state index contributed by atoms with van der Waals surface area (Å²) in [6.07, 6.45) is 0. The van der Waals surface area contributed by atoms with Crippen LogP contribution >= 0.6 is 0 Å². The SMILES string of the molecule is N=C(N)N(Cc1ccc2ccccc2c1)C(=O)c1cc2ccccc2[nH]1. The maximum Gasteiger partial charge on any atom is 0.277 e. The van der Waals surface area contributed by atoms with Crippen molar-refractivity contribution < 1.29 is 4.79 Å². The third-order valence-electron chi connectivity index (χ3n) is 4.45. The fourth-order valence-corrected chi connectivity index (χ4v) is 3.12. The van der Waals surface area contributed by atoms with Gasteiger partial charge in [-0.1, -0.05) is 54.6 Å². The van der Waals surface area contributed by atoms with Gasteiger partial charge in [-0.2, -0.15) is 0 Å². The summed E-state index contributed by atoms with van der Waals surface area (Å²) in [5.74, 6) is -0.594. The highest BCUT2D eigenvalue weighted by Gasteiger charge is 2.20. The number of carbonyl (C=O) groups excluding carboxylic acids is 1. The summed E-state index contributed by atoms with van der Waals surface area (Å²) < 4.78 is 0. The summed E-state index contributed by atoms with van der Waals surface area (Å²) in [6.45, 7) is 0.244. The minimum Gasteiger partial charge on any atom is -0.370 e. The zero-order chi connectivity index (χ0) is 18.1. The van der Waals surface area contributed by atoms with Crippen molar-refractivity contribution in [3.63, 3.8) is 0 Å². The molecule has 0 bridgehead atoms. The van der Waals surface area contributed by atoms with Crippen molar-refractivity contribution in [2.75, 3.05) is 0 Å². The number of nitrogens with zero attached hydrogens (tertiary/aromatic N) is 1. The average Bonchev–Trinajstić information content (AvgIpc) is 3.09. The number of hydrogen-bond acceptors (Lipinski definition) is 2. The molecule has 0 atom stereocenters. The van der Waals surface area contributed by atoms with Gasteiger partial charge in [0.25, 0.3) is 5.91 Å². The van der Waals surface area contributed by atoms with Gasteiger partial charge in [0.15, 0.2) is 5.96 Å². The molecule has 0 radical (unpaired) electrons. The van der Waals surface area contributed by atoms with Crippen LogP contribution in [0, 0.1) is 5.41 Å². The molecule has 0 aliphatic rings. The lowest BCUT2D eigenvalue weighted by Gasteiger charge is -2.20. The minimum atomic E-state index is -0.318. The van der Waals surface area contributed by atoms with E-state index in [1.165, 1.54) is 4.90 Å². The van der Waals surface area contributed by atoms with E-state index in [0.717, 1.165) is 27.2 Å². The van der Waals surface area contributed by atoms with Gasteiger partial charge in [-0.05, 0) is 34.5 Å². The van der Waals surface area contributed by atoms with Gasteiger partial charge in [0, 0.05) is 10.9 Å². The van der Waals surface area contributed by atoms with Crippen molar-refractivity contribution in [2.24, 2.45) is 5.73 Å². The van der Waals surface area contributed by atoms with Crippen LogP contribution in [-0.4, -0.2) is 21.8 Å². The molecular formula is C21H18N4O. The number of guanidine groups is 1. The number of carbonyl (C=O) groups is 1. The minimum absolute atomic E-state index is 0.244. The molecule has 128 valence electrons. The molecule has 4 aromatic rings. The van der Waals surface area contributed by atoms with Gasteiger partial charge in [-0.3, -0.25) is 15.1 Å². The summed E-state index contributed by atoms with van der Waals surface area (Å²) in [5, 5.41) is 11.0. The second-order valence-corrected chi connectivity index (χ2v) is 6.23. The summed E-state index contributed by atoms with van der Waals surface area (Å²) in [6, 6.07) is 23.5. The van der Waals surface area contributed by atoms with E-state index >= 15 is 0 Å². The maximum absolute atomic E-state index is 12.9. The Kier molecular flexibility index (Phi) is 3.89. The van der Waals surface area contributed by atoms with Crippen molar-refractivity contribution in [1.82, 2.24) is 9.88 Å². The predicted octanol–water partition coefficient (Wildman–Crippen LogP) is 3.86. The molecule has 0 aliphatic heterocycles. The number of aromatic nitrogens is 1. The van der Waals surface area contributed by atoms with Crippen LogP contribution < -0.4 is 5.73 Å². The van der Waals surface area contributed by atoms with Crippen molar-refractivity contribution in [3.8, 4) is 0 Å². The van der Waals surface area contributed by atoms with Crippen LogP contribution in [0.15, 0.2) is 72.8 Å². The number of hydrogen-bond donors (Lipinski definition) is 3. The Hall–Kier alpha value is -3.60. The van der Waals surface area contributed by atoms with Crippen molar-refractivity contribution in [2.45, 2.75) is 6.54 Å². The molecule has 4 N–H and O–H groups in total. The van der Waals surface area contributed by atoms with E-state index in [0.29, 0.717) is 5.69 Å². The fraction of sp³-hybridized carbons (Fsp3) is 0.0476. The highest BCUT2D eigenvalue weighted by Crippen LogP contribution is 2.19. The third kappa shape index (κ3) is 2.91. The van der Waals surface area contributed by atoms with Crippen molar-refractivity contribution in [3.05, 3.63) is 84.1 Å². The zero-order valence-electron chi connectivity index (χ0n) is 14.1. The molecule has 1 heterocycles. The highest BCUT2D eigenvalue weighted by molar-refractivity contribution is 6.05. The van der Waals surface area contributed by atoms with E-state index in [4.69, 9.17) is 11.1 Å². The van der Waals surface area contributed by atoms with Crippen LogP contribution in [0.3, 0.4) is 0 Å². The van der Waals surface area contributed by atoms with Crippen LogP contribution in [0.2, 0.25) is 0 Å². The number of amides is 1. The number of fused-ring (bicyclic) bond motifs is 2. The molecule has 5 nitrogen and oxygen atoms in total. The quantitative estimate of drug-likeness (QED) is 0.390. The van der Waals surface area contributed by atoms with E-state index in [1.54, 1.807) is 6.07 Å². The Morgan fingerprint density at radius 3 is 2.35 bits per heavy atom. The Balaban J connectivity index is 1.65. The number of rotatable bonds is 3. The molecule has 0 saturated heterocycles. The molecule has 0 aliphatic carbocycles. The maximum atomic E-state index is 12.9. The Morgan fingerprint density at radius 2 is 1.62 bits per heavy atom. The summed E-state index contributed by atoms with van der Waals surface area (Å²) >= 11 is 0. The third-order valence-corrected chi connectivity index (χ3v) is 4.45. The van der Waals surface area contributed by atoms with Crippen LogP contribution in [0.5, 0.6) is 0 Å². The molecule has 1 aromatic heterocycles. The predicted molar refractivity (Wildman–Crippen MR) is 104 cm³/mol. The lowest BCUT2D eigenvalue weighted by atomic mass is 10.1. The van der Waals surface area contributed by atoms with Gasteiger partial charge in [0.1, 0.15) is 5.69 Å². The number of nitrogens with one attached hydrogen (secondary N) is 2. The Bertz CT molecular complexity index is 1100. The molecule has 4 rings (SSSR count). The first-order valence-corrected chi connectivity index (χ1v) is 8.33. The molecule has 0 spiro atoms. The monoisotopic (exact) mass is 342 g/mol. The van der Waals surface area contributed by atoms with E-state index in [2.05, 4.69) is 4.98 Å². The second kappa shape index (κ2) is 6.37. The lowest BCUT2D eigenvalue weighted by Crippen LogP contribution is -2.40. The van der Waals surface area contributed by atoms with E-state index in [9.17, 15) is 4.79 Å². The van der Waals surface area contributed by atoms with Crippen LogP contribution in [-0.2, 0) is 6.54 Å². The Morgan fingerprint density at radius 1 is 0.923 bits per heavy atom. The average molecular weight is 342 g/mol. The zero-order valence-corrected chi connectivity index (χ0v) is 14.1. The van der Waals surface area contributed by atoms with E-state index in [1.807, 2.05) is 66.7 Å². The number of benzene rings is 3. The first-order valence-electron chi connectivity index (χ1n) is 8.33. The van der Waals surface area contributed by atoms with Gasteiger partial charge in [0.05, 0.1) is 6.54 Å². The molecule has 0 fully saturated rings. The van der Waals surface area contributed by atoms with Gasteiger partial charge in [-0.25, -0.2) is 0 Å². The molecule has 26 heavy (non-hydrogen) atoms. The van der Waals surface area contributed by atoms with Crippen LogP contribution in [0.4, 0.5) is 0 Å². The van der Waals surface area contributed by atoms with Gasteiger partial charge in [-0.15, -0.1) is 0 Å². The Labute approximate surface area is 150 Å². The largest absolute Gasteiger partial charge is 0.370 e. The molecule has 3 aromatic carbocycles. The molecule has 0 saturated carbocycles. The molecule has 0 unspecified atom stereocenters. The first kappa shape index (κ1) is 15.9.